The van der Waals surface area contributed by atoms with Crippen molar-refractivity contribution in [2.75, 3.05) is 0 Å². The molecule has 0 spiro atoms. The summed E-state index contributed by atoms with van der Waals surface area (Å²) < 4.78 is 71.9. The number of allylic oxidation sites excluding steroid dienone is 2. The fraction of sp³-hybridized carbons (Fsp3) is 0.818. The van der Waals surface area contributed by atoms with Gasteiger partial charge in [-0.2, -0.15) is 0 Å². The second kappa shape index (κ2) is 8.85. The van der Waals surface area contributed by atoms with Crippen molar-refractivity contribution in [2.45, 2.75) is 89.5 Å². The van der Waals surface area contributed by atoms with Crippen LogP contribution in [0.15, 0.2) is 23.8 Å². The lowest BCUT2D eigenvalue weighted by Gasteiger charge is -2.45. The van der Waals surface area contributed by atoms with E-state index < -0.39 is 29.5 Å². The van der Waals surface area contributed by atoms with Gasteiger partial charge in [-0.1, -0.05) is 38.7 Å². The molecular weight excluding hydrogens is 375 g/mol. The standard InChI is InChI=1S/C22H31F5O/c1-2-4-15-6-8-16(9-7-15)17-10-12-18(13-11-17)21(28-22(25,26)27)14-3-5-19(23)20(21)24/h3,5,15-18H,2,4,6-14H2,1H3. The van der Waals surface area contributed by atoms with E-state index in [9.17, 15) is 22.0 Å². The zero-order chi connectivity index (χ0) is 20.4. The topological polar surface area (TPSA) is 9.23 Å². The van der Waals surface area contributed by atoms with Crippen molar-refractivity contribution in [3.8, 4) is 0 Å². The van der Waals surface area contributed by atoms with Gasteiger partial charge in [-0.15, -0.1) is 13.2 Å². The van der Waals surface area contributed by atoms with Crippen molar-refractivity contribution in [1.29, 1.82) is 0 Å². The van der Waals surface area contributed by atoms with Gasteiger partial charge in [0.2, 0.25) is 0 Å². The molecular formula is C22H31F5O. The molecule has 0 aliphatic heterocycles. The van der Waals surface area contributed by atoms with Crippen LogP contribution in [-0.2, 0) is 4.74 Å². The van der Waals surface area contributed by atoms with Gasteiger partial charge in [0, 0.05) is 6.42 Å². The Labute approximate surface area is 164 Å². The van der Waals surface area contributed by atoms with E-state index in [1.807, 2.05) is 0 Å². The molecule has 0 heterocycles. The predicted octanol–water partition coefficient (Wildman–Crippen LogP) is 7.79. The van der Waals surface area contributed by atoms with Gasteiger partial charge in [-0.3, -0.25) is 4.74 Å². The van der Waals surface area contributed by atoms with Gasteiger partial charge in [0.1, 0.15) is 5.60 Å². The molecule has 1 atom stereocenters. The van der Waals surface area contributed by atoms with Crippen LogP contribution < -0.4 is 0 Å². The predicted molar refractivity (Wildman–Crippen MR) is 98.7 cm³/mol. The van der Waals surface area contributed by atoms with E-state index in [-0.39, 0.29) is 6.42 Å². The molecule has 3 rings (SSSR count). The highest BCUT2D eigenvalue weighted by Crippen LogP contribution is 2.51. The molecule has 3 aliphatic carbocycles. The number of halogens is 5. The Hall–Kier alpha value is -0.910. The molecule has 28 heavy (non-hydrogen) atoms. The molecule has 0 saturated heterocycles. The van der Waals surface area contributed by atoms with Gasteiger partial charge < -0.3 is 0 Å². The highest BCUT2D eigenvalue weighted by Gasteiger charge is 2.54. The third kappa shape index (κ3) is 4.80. The second-order valence-electron chi connectivity index (χ2n) is 8.89. The lowest BCUT2D eigenvalue weighted by Crippen LogP contribution is -2.48. The van der Waals surface area contributed by atoms with Crippen LogP contribution in [0.5, 0.6) is 0 Å². The Bertz CT molecular complexity index is 580. The van der Waals surface area contributed by atoms with Gasteiger partial charge in [-0.25, -0.2) is 8.78 Å². The Morgan fingerprint density at radius 2 is 1.54 bits per heavy atom. The van der Waals surface area contributed by atoms with Gasteiger partial charge in [0.05, 0.1) is 0 Å². The van der Waals surface area contributed by atoms with Crippen LogP contribution in [0, 0.1) is 23.7 Å². The minimum Gasteiger partial charge on any atom is -0.277 e. The minimum atomic E-state index is -5.00. The van der Waals surface area contributed by atoms with E-state index in [0.717, 1.165) is 24.8 Å². The Kier molecular flexibility index (Phi) is 6.88. The fourth-order valence-electron chi connectivity index (χ4n) is 5.84. The van der Waals surface area contributed by atoms with Crippen LogP contribution in [-0.4, -0.2) is 12.0 Å². The van der Waals surface area contributed by atoms with Crippen LogP contribution in [0.2, 0.25) is 0 Å². The van der Waals surface area contributed by atoms with Crippen LogP contribution in [0.3, 0.4) is 0 Å². The Morgan fingerprint density at radius 1 is 0.964 bits per heavy atom. The zero-order valence-electron chi connectivity index (χ0n) is 16.5. The second-order valence-corrected chi connectivity index (χ2v) is 8.89. The van der Waals surface area contributed by atoms with Crippen molar-refractivity contribution >= 4 is 0 Å². The lowest BCUT2D eigenvalue weighted by atomic mass is 9.65. The highest BCUT2D eigenvalue weighted by atomic mass is 19.4. The molecule has 0 N–H and O–H groups in total. The number of alkyl halides is 3. The molecule has 1 unspecified atom stereocenters. The van der Waals surface area contributed by atoms with Gasteiger partial charge in [-0.05, 0) is 68.3 Å². The average molecular weight is 406 g/mol. The van der Waals surface area contributed by atoms with E-state index in [4.69, 9.17) is 0 Å². The summed E-state index contributed by atoms with van der Waals surface area (Å²) in [6.45, 7) is 2.21. The first-order chi connectivity index (χ1) is 13.2. The van der Waals surface area contributed by atoms with Gasteiger partial charge in [0.25, 0.3) is 0 Å². The highest BCUT2D eigenvalue weighted by molar-refractivity contribution is 5.30. The van der Waals surface area contributed by atoms with Crippen LogP contribution >= 0.6 is 0 Å². The molecule has 0 bridgehead atoms. The molecule has 0 aromatic heterocycles. The van der Waals surface area contributed by atoms with Crippen molar-refractivity contribution in [3.05, 3.63) is 23.8 Å². The van der Waals surface area contributed by atoms with E-state index in [2.05, 4.69) is 11.7 Å². The molecule has 1 nitrogen and oxygen atoms in total. The summed E-state index contributed by atoms with van der Waals surface area (Å²) >= 11 is 0. The summed E-state index contributed by atoms with van der Waals surface area (Å²) in [5.41, 5.74) is -2.24. The summed E-state index contributed by atoms with van der Waals surface area (Å²) in [5.74, 6) is -1.37. The van der Waals surface area contributed by atoms with E-state index in [1.54, 1.807) is 0 Å². The molecule has 0 aromatic rings. The number of hydrogen-bond donors (Lipinski definition) is 0. The van der Waals surface area contributed by atoms with Gasteiger partial charge in [0.15, 0.2) is 11.7 Å². The summed E-state index contributed by atoms with van der Waals surface area (Å²) in [4.78, 5) is 0. The van der Waals surface area contributed by atoms with Crippen LogP contribution in [0.1, 0.15) is 77.6 Å². The first-order valence-electron chi connectivity index (χ1n) is 10.7. The lowest BCUT2D eigenvalue weighted by molar-refractivity contribution is -0.371. The molecule has 0 amide bonds. The molecule has 160 valence electrons. The van der Waals surface area contributed by atoms with E-state index >= 15 is 0 Å². The first-order valence-corrected chi connectivity index (χ1v) is 10.7. The SMILES string of the molecule is CCCC1CCC(C2CCC(C3(OC(F)(F)F)CC=CC(F)=C3F)CC2)CC1. The quantitative estimate of drug-likeness (QED) is 0.424. The molecule has 6 heteroatoms. The largest absolute Gasteiger partial charge is 0.523 e. The summed E-state index contributed by atoms with van der Waals surface area (Å²) in [6, 6.07) is 0. The maximum atomic E-state index is 14.6. The normalized spacial score (nSPS) is 37.4. The van der Waals surface area contributed by atoms with Gasteiger partial charge >= 0.3 is 6.36 Å². The molecule has 2 fully saturated rings. The summed E-state index contributed by atoms with van der Waals surface area (Å²) in [5, 5.41) is 0. The fourth-order valence-corrected chi connectivity index (χ4v) is 5.84. The van der Waals surface area contributed by atoms with Crippen LogP contribution in [0.25, 0.3) is 0 Å². The average Bonchev–Trinajstić information content (AvgIpc) is 2.66. The number of hydrogen-bond acceptors (Lipinski definition) is 1. The van der Waals surface area contributed by atoms with Crippen molar-refractivity contribution < 1.29 is 26.7 Å². The molecule has 3 aliphatic rings. The minimum absolute atomic E-state index is 0.275. The maximum absolute atomic E-state index is 14.6. The molecule has 0 radical (unpaired) electrons. The summed E-state index contributed by atoms with van der Waals surface area (Å²) in [6.07, 6.45) is 6.68. The molecule has 0 aromatic carbocycles. The third-order valence-corrected chi connectivity index (χ3v) is 7.25. The van der Waals surface area contributed by atoms with Crippen LogP contribution in [0.4, 0.5) is 22.0 Å². The monoisotopic (exact) mass is 406 g/mol. The van der Waals surface area contributed by atoms with E-state index in [0.29, 0.717) is 24.7 Å². The smallest absolute Gasteiger partial charge is 0.277 e. The van der Waals surface area contributed by atoms with Crippen molar-refractivity contribution in [3.63, 3.8) is 0 Å². The zero-order valence-corrected chi connectivity index (χ0v) is 16.5. The van der Waals surface area contributed by atoms with Crippen molar-refractivity contribution in [1.82, 2.24) is 0 Å². The third-order valence-electron chi connectivity index (χ3n) is 7.25. The van der Waals surface area contributed by atoms with E-state index in [1.165, 1.54) is 44.6 Å². The first kappa shape index (κ1) is 21.8. The Morgan fingerprint density at radius 3 is 2.07 bits per heavy atom. The number of rotatable bonds is 5. The summed E-state index contributed by atoms with van der Waals surface area (Å²) in [7, 11) is 0. The maximum Gasteiger partial charge on any atom is 0.523 e. The van der Waals surface area contributed by atoms with Crippen molar-refractivity contribution in [2.24, 2.45) is 23.7 Å². The Balaban J connectivity index is 1.64. The molecule has 2 saturated carbocycles. The number of ether oxygens (including phenoxy) is 1.